The first-order valence-corrected chi connectivity index (χ1v) is 9.39. The van der Waals surface area contributed by atoms with Crippen LogP contribution in [0.3, 0.4) is 0 Å². The number of aromatic amines is 1. The molecule has 1 aromatic heterocycles. The van der Waals surface area contributed by atoms with E-state index in [9.17, 15) is 9.59 Å². The SMILES string of the molecule is Cc1cccc(-c2cccc(NC(=O)[C@@H]3CCCN3C(=O)c3cn[nH]c3)c2)c1. The molecule has 2 amide bonds. The zero-order chi connectivity index (χ0) is 19.5. The molecule has 1 atom stereocenters. The van der Waals surface area contributed by atoms with Crippen LogP contribution in [0.2, 0.25) is 0 Å². The van der Waals surface area contributed by atoms with Gasteiger partial charge in [-0.3, -0.25) is 14.7 Å². The normalized spacial score (nSPS) is 16.2. The molecular formula is C22H22N4O2. The van der Waals surface area contributed by atoms with Crippen molar-refractivity contribution in [3.8, 4) is 11.1 Å². The topological polar surface area (TPSA) is 78.1 Å². The van der Waals surface area contributed by atoms with Gasteiger partial charge in [0.15, 0.2) is 0 Å². The van der Waals surface area contributed by atoms with Crippen molar-refractivity contribution in [2.75, 3.05) is 11.9 Å². The van der Waals surface area contributed by atoms with Crippen molar-refractivity contribution in [3.63, 3.8) is 0 Å². The zero-order valence-corrected chi connectivity index (χ0v) is 15.7. The molecule has 6 nitrogen and oxygen atoms in total. The number of benzene rings is 2. The van der Waals surface area contributed by atoms with Gasteiger partial charge in [0.2, 0.25) is 5.91 Å². The first kappa shape index (κ1) is 18.0. The average molecular weight is 374 g/mol. The second-order valence-electron chi connectivity index (χ2n) is 7.08. The standard InChI is InChI=1S/C22H22N4O2/c1-15-5-2-6-16(11-15)17-7-3-8-19(12-17)25-21(27)20-9-4-10-26(20)22(28)18-13-23-24-14-18/h2-3,5-8,11-14,20H,4,9-10H2,1H3,(H,23,24)(H,25,27)/t20-/m0/s1. The van der Waals surface area contributed by atoms with E-state index in [1.807, 2.05) is 30.3 Å². The number of aryl methyl sites for hydroxylation is 1. The van der Waals surface area contributed by atoms with E-state index < -0.39 is 6.04 Å². The molecule has 2 heterocycles. The summed E-state index contributed by atoms with van der Waals surface area (Å²) >= 11 is 0. The summed E-state index contributed by atoms with van der Waals surface area (Å²) in [6.07, 6.45) is 4.51. The summed E-state index contributed by atoms with van der Waals surface area (Å²) in [5.74, 6) is -0.323. The van der Waals surface area contributed by atoms with Gasteiger partial charge in [-0.05, 0) is 43.0 Å². The second-order valence-corrected chi connectivity index (χ2v) is 7.08. The Balaban J connectivity index is 1.50. The second kappa shape index (κ2) is 7.68. The lowest BCUT2D eigenvalue weighted by molar-refractivity contribution is -0.119. The van der Waals surface area contributed by atoms with E-state index in [0.717, 1.165) is 23.2 Å². The average Bonchev–Trinajstić information content (AvgIpc) is 3.40. The molecule has 0 bridgehead atoms. The summed E-state index contributed by atoms with van der Waals surface area (Å²) in [6.45, 7) is 2.63. The van der Waals surface area contributed by atoms with E-state index in [-0.39, 0.29) is 11.8 Å². The van der Waals surface area contributed by atoms with Gasteiger partial charge in [-0.15, -0.1) is 0 Å². The number of likely N-dealkylation sites (tertiary alicyclic amines) is 1. The van der Waals surface area contributed by atoms with Crippen LogP contribution in [0, 0.1) is 6.92 Å². The molecule has 1 fully saturated rings. The Morgan fingerprint density at radius 1 is 1.14 bits per heavy atom. The van der Waals surface area contributed by atoms with Crippen LogP contribution in [0.15, 0.2) is 60.9 Å². The number of nitrogens with zero attached hydrogens (tertiary/aromatic N) is 2. The van der Waals surface area contributed by atoms with Gasteiger partial charge in [-0.25, -0.2) is 0 Å². The molecule has 0 aliphatic carbocycles. The van der Waals surface area contributed by atoms with Gasteiger partial charge in [-0.1, -0.05) is 42.0 Å². The predicted octanol–water partition coefficient (Wildman–Crippen LogP) is 3.63. The third kappa shape index (κ3) is 3.67. The molecule has 28 heavy (non-hydrogen) atoms. The number of anilines is 1. The smallest absolute Gasteiger partial charge is 0.257 e. The van der Waals surface area contributed by atoms with Crippen molar-refractivity contribution in [3.05, 3.63) is 72.1 Å². The number of nitrogens with one attached hydrogen (secondary N) is 2. The Labute approximate surface area is 163 Å². The minimum absolute atomic E-state index is 0.157. The fraction of sp³-hybridized carbons (Fsp3) is 0.227. The first-order valence-electron chi connectivity index (χ1n) is 9.39. The van der Waals surface area contributed by atoms with Crippen molar-refractivity contribution in [2.45, 2.75) is 25.8 Å². The molecule has 2 aromatic carbocycles. The van der Waals surface area contributed by atoms with Crippen LogP contribution in [-0.4, -0.2) is 39.5 Å². The first-order chi connectivity index (χ1) is 13.6. The number of hydrogen-bond acceptors (Lipinski definition) is 3. The molecule has 0 radical (unpaired) electrons. The number of carbonyl (C=O) groups is 2. The largest absolute Gasteiger partial charge is 0.327 e. The number of amides is 2. The molecular weight excluding hydrogens is 352 g/mol. The number of hydrogen-bond donors (Lipinski definition) is 2. The highest BCUT2D eigenvalue weighted by molar-refractivity contribution is 6.01. The van der Waals surface area contributed by atoms with E-state index in [4.69, 9.17) is 0 Å². The van der Waals surface area contributed by atoms with Crippen LogP contribution >= 0.6 is 0 Å². The number of rotatable bonds is 4. The van der Waals surface area contributed by atoms with E-state index in [1.165, 1.54) is 11.8 Å². The molecule has 1 aliphatic rings. The quantitative estimate of drug-likeness (QED) is 0.732. The minimum Gasteiger partial charge on any atom is -0.327 e. The molecule has 0 spiro atoms. The fourth-order valence-corrected chi connectivity index (χ4v) is 3.64. The summed E-state index contributed by atoms with van der Waals surface area (Å²) in [5.41, 5.74) is 4.53. The summed E-state index contributed by atoms with van der Waals surface area (Å²) in [6, 6.07) is 15.6. The molecule has 6 heteroatoms. The molecule has 142 valence electrons. The number of carbonyl (C=O) groups excluding carboxylic acids is 2. The number of aromatic nitrogens is 2. The Morgan fingerprint density at radius 2 is 1.93 bits per heavy atom. The summed E-state index contributed by atoms with van der Waals surface area (Å²) in [5, 5.41) is 9.45. The van der Waals surface area contributed by atoms with Crippen LogP contribution in [0.5, 0.6) is 0 Å². The Kier molecular flexibility index (Phi) is 4.93. The van der Waals surface area contributed by atoms with Gasteiger partial charge in [0.05, 0.1) is 11.8 Å². The lowest BCUT2D eigenvalue weighted by atomic mass is 10.0. The fourth-order valence-electron chi connectivity index (χ4n) is 3.64. The molecule has 4 rings (SSSR count). The Morgan fingerprint density at radius 3 is 2.68 bits per heavy atom. The molecule has 2 N–H and O–H groups in total. The van der Waals surface area contributed by atoms with Crippen molar-refractivity contribution in [1.29, 1.82) is 0 Å². The van der Waals surface area contributed by atoms with Gasteiger partial charge in [0.1, 0.15) is 6.04 Å². The lowest BCUT2D eigenvalue weighted by Gasteiger charge is -2.23. The van der Waals surface area contributed by atoms with Crippen LogP contribution in [0.4, 0.5) is 5.69 Å². The molecule has 1 saturated heterocycles. The van der Waals surface area contributed by atoms with Gasteiger partial charge in [0, 0.05) is 18.4 Å². The maximum absolute atomic E-state index is 12.9. The highest BCUT2D eigenvalue weighted by atomic mass is 16.2. The predicted molar refractivity (Wildman–Crippen MR) is 108 cm³/mol. The minimum atomic E-state index is -0.468. The Hall–Kier alpha value is -3.41. The molecule has 0 unspecified atom stereocenters. The summed E-state index contributed by atoms with van der Waals surface area (Å²) < 4.78 is 0. The third-order valence-corrected chi connectivity index (χ3v) is 5.04. The van der Waals surface area contributed by atoms with Crippen LogP contribution in [0.1, 0.15) is 28.8 Å². The molecule has 3 aromatic rings. The van der Waals surface area contributed by atoms with E-state index in [2.05, 4.69) is 40.6 Å². The van der Waals surface area contributed by atoms with Gasteiger partial charge < -0.3 is 10.2 Å². The summed E-state index contributed by atoms with van der Waals surface area (Å²) in [7, 11) is 0. The maximum Gasteiger partial charge on any atom is 0.257 e. The molecule has 0 saturated carbocycles. The van der Waals surface area contributed by atoms with Gasteiger partial charge in [-0.2, -0.15) is 5.10 Å². The van der Waals surface area contributed by atoms with E-state index in [0.29, 0.717) is 18.5 Å². The summed E-state index contributed by atoms with van der Waals surface area (Å²) in [4.78, 5) is 27.1. The van der Waals surface area contributed by atoms with E-state index >= 15 is 0 Å². The lowest BCUT2D eigenvalue weighted by Crippen LogP contribution is -2.43. The Bertz CT molecular complexity index is 997. The van der Waals surface area contributed by atoms with Crippen molar-refractivity contribution in [1.82, 2.24) is 15.1 Å². The van der Waals surface area contributed by atoms with Crippen molar-refractivity contribution < 1.29 is 9.59 Å². The van der Waals surface area contributed by atoms with Gasteiger partial charge >= 0.3 is 0 Å². The van der Waals surface area contributed by atoms with E-state index in [1.54, 1.807) is 11.1 Å². The zero-order valence-electron chi connectivity index (χ0n) is 15.7. The maximum atomic E-state index is 12.9. The highest BCUT2D eigenvalue weighted by Crippen LogP contribution is 2.25. The van der Waals surface area contributed by atoms with Crippen molar-refractivity contribution in [2.24, 2.45) is 0 Å². The van der Waals surface area contributed by atoms with Crippen LogP contribution in [-0.2, 0) is 4.79 Å². The molecule has 1 aliphatic heterocycles. The third-order valence-electron chi connectivity index (χ3n) is 5.04. The van der Waals surface area contributed by atoms with Gasteiger partial charge in [0.25, 0.3) is 5.91 Å². The monoisotopic (exact) mass is 374 g/mol. The van der Waals surface area contributed by atoms with Crippen molar-refractivity contribution >= 4 is 17.5 Å². The van der Waals surface area contributed by atoms with Crippen LogP contribution in [0.25, 0.3) is 11.1 Å². The van der Waals surface area contributed by atoms with Crippen LogP contribution < -0.4 is 5.32 Å². The highest BCUT2D eigenvalue weighted by Gasteiger charge is 2.34. The number of H-pyrrole nitrogens is 1.